The molecule has 4 nitrogen and oxygen atoms in total. The largest absolute Gasteiger partial charge is 0.362 e. The third-order valence-electron chi connectivity index (χ3n) is 6.80. The van der Waals surface area contributed by atoms with E-state index in [1.165, 1.54) is 0 Å². The van der Waals surface area contributed by atoms with Gasteiger partial charge < -0.3 is 10.6 Å². The lowest BCUT2D eigenvalue weighted by Gasteiger charge is -2.37. The van der Waals surface area contributed by atoms with Gasteiger partial charge in [0.15, 0.2) is 5.78 Å². The highest BCUT2D eigenvalue weighted by Crippen LogP contribution is 2.47. The van der Waals surface area contributed by atoms with Crippen molar-refractivity contribution < 1.29 is 18.4 Å². The van der Waals surface area contributed by atoms with Gasteiger partial charge >= 0.3 is 0 Å². The van der Waals surface area contributed by atoms with E-state index >= 15 is 0 Å². The maximum absolute atomic E-state index is 14.4. The Labute approximate surface area is 223 Å². The summed E-state index contributed by atoms with van der Waals surface area (Å²) in [7, 11) is 0. The molecule has 1 aliphatic carbocycles. The molecular weight excluding hydrogens is 517 g/mol. The van der Waals surface area contributed by atoms with Gasteiger partial charge in [0, 0.05) is 51.0 Å². The minimum absolute atomic E-state index is 0.0159. The number of allylic oxidation sites excluding steroid dienone is 3. The molecule has 37 heavy (non-hydrogen) atoms. The summed E-state index contributed by atoms with van der Waals surface area (Å²) in [5.74, 6) is -3.21. The van der Waals surface area contributed by atoms with Crippen LogP contribution in [0.5, 0.6) is 0 Å². The van der Waals surface area contributed by atoms with E-state index in [0.717, 1.165) is 23.4 Å². The Morgan fingerprint density at radius 1 is 1.00 bits per heavy atom. The van der Waals surface area contributed by atoms with Crippen LogP contribution < -0.4 is 10.6 Å². The number of rotatable bonds is 4. The highest BCUT2D eigenvalue weighted by molar-refractivity contribution is 6.35. The van der Waals surface area contributed by atoms with Gasteiger partial charge in [0.1, 0.15) is 11.6 Å². The van der Waals surface area contributed by atoms with Crippen LogP contribution in [0.25, 0.3) is 0 Å². The second-order valence-electron chi connectivity index (χ2n) is 9.17. The molecule has 0 bridgehead atoms. The molecule has 0 aromatic heterocycles. The van der Waals surface area contributed by atoms with Gasteiger partial charge in [-0.25, -0.2) is 8.78 Å². The molecule has 188 valence electrons. The van der Waals surface area contributed by atoms with E-state index in [1.807, 2.05) is 30.3 Å². The zero-order valence-electron chi connectivity index (χ0n) is 19.7. The van der Waals surface area contributed by atoms with E-state index in [4.69, 9.17) is 23.2 Å². The number of dihydropyridines is 1. The molecule has 1 amide bonds. The zero-order chi connectivity index (χ0) is 26.3. The predicted molar refractivity (Wildman–Crippen MR) is 140 cm³/mol. The minimum Gasteiger partial charge on any atom is -0.362 e. The summed E-state index contributed by atoms with van der Waals surface area (Å²) in [6.07, 6.45) is 0.846. The quantitative estimate of drug-likeness (QED) is 0.367. The number of Topliss-reactive ketones (excluding diaryl/α,β-unsaturated/α-hetero) is 1. The number of hydrogen-bond donors (Lipinski definition) is 2. The number of anilines is 1. The number of carbonyl (C=O) groups is 2. The van der Waals surface area contributed by atoms with Crippen LogP contribution in [-0.2, 0) is 9.59 Å². The van der Waals surface area contributed by atoms with Crippen molar-refractivity contribution in [2.45, 2.75) is 31.6 Å². The second-order valence-corrected chi connectivity index (χ2v) is 10.0. The molecule has 1 heterocycles. The number of nitrogens with one attached hydrogen (secondary N) is 2. The normalized spacial score (nSPS) is 19.4. The molecule has 8 heteroatoms. The monoisotopic (exact) mass is 538 g/mol. The van der Waals surface area contributed by atoms with Crippen LogP contribution in [0.2, 0.25) is 10.0 Å². The minimum atomic E-state index is -0.907. The molecule has 0 radical (unpaired) electrons. The summed E-state index contributed by atoms with van der Waals surface area (Å²) in [6, 6.07) is 17.6. The van der Waals surface area contributed by atoms with Crippen LogP contribution in [0.15, 0.2) is 89.3 Å². The number of carbonyl (C=O) groups excluding carboxylic acids is 2. The van der Waals surface area contributed by atoms with Crippen molar-refractivity contribution in [3.63, 3.8) is 0 Å². The topological polar surface area (TPSA) is 58.2 Å². The van der Waals surface area contributed by atoms with Crippen LogP contribution in [0, 0.1) is 11.6 Å². The number of ketones is 1. The van der Waals surface area contributed by atoms with Crippen molar-refractivity contribution in [3.8, 4) is 0 Å². The second kappa shape index (κ2) is 10.1. The Kier molecular flexibility index (Phi) is 6.88. The highest BCUT2D eigenvalue weighted by atomic mass is 35.5. The van der Waals surface area contributed by atoms with Crippen LogP contribution in [-0.4, -0.2) is 11.7 Å². The van der Waals surface area contributed by atoms with Crippen LogP contribution in [0.1, 0.15) is 42.7 Å². The first-order chi connectivity index (χ1) is 17.7. The summed E-state index contributed by atoms with van der Waals surface area (Å²) in [5.41, 5.74) is 3.33. The molecule has 3 aromatic rings. The number of benzene rings is 3. The van der Waals surface area contributed by atoms with Crippen LogP contribution >= 0.6 is 23.2 Å². The molecule has 0 spiro atoms. The Bertz CT molecular complexity index is 1480. The molecule has 2 N–H and O–H groups in total. The summed E-state index contributed by atoms with van der Waals surface area (Å²) < 4.78 is 27.8. The first-order valence-corrected chi connectivity index (χ1v) is 12.5. The van der Waals surface area contributed by atoms with Gasteiger partial charge in [0.2, 0.25) is 0 Å². The van der Waals surface area contributed by atoms with Gasteiger partial charge in [0.05, 0.1) is 5.69 Å². The molecular formula is C29H22Cl2F2N2O2. The Morgan fingerprint density at radius 2 is 1.76 bits per heavy atom. The van der Waals surface area contributed by atoms with Gasteiger partial charge in [0.25, 0.3) is 5.91 Å². The van der Waals surface area contributed by atoms with E-state index in [9.17, 15) is 18.4 Å². The first kappa shape index (κ1) is 25.2. The Morgan fingerprint density at radius 3 is 2.46 bits per heavy atom. The lowest BCUT2D eigenvalue weighted by atomic mass is 9.71. The molecule has 0 fully saturated rings. The van der Waals surface area contributed by atoms with E-state index in [-0.39, 0.29) is 29.4 Å². The smallest absolute Gasteiger partial charge is 0.254 e. The van der Waals surface area contributed by atoms with Crippen LogP contribution in [0.3, 0.4) is 0 Å². The summed E-state index contributed by atoms with van der Waals surface area (Å²) in [4.78, 5) is 27.2. The fourth-order valence-corrected chi connectivity index (χ4v) is 5.65. The van der Waals surface area contributed by atoms with Gasteiger partial charge in [-0.15, -0.1) is 0 Å². The van der Waals surface area contributed by atoms with Crippen molar-refractivity contribution >= 4 is 40.6 Å². The molecule has 0 saturated heterocycles. The third kappa shape index (κ3) is 4.91. The van der Waals surface area contributed by atoms with Crippen molar-refractivity contribution in [1.29, 1.82) is 0 Å². The van der Waals surface area contributed by atoms with Gasteiger partial charge in [-0.05, 0) is 54.7 Å². The molecule has 0 unspecified atom stereocenters. The summed E-state index contributed by atoms with van der Waals surface area (Å²) >= 11 is 12.7. The first-order valence-electron chi connectivity index (χ1n) is 11.7. The molecule has 1 aliphatic heterocycles. The fraction of sp³-hybridized carbons (Fsp3) is 0.172. The fourth-order valence-electron chi connectivity index (χ4n) is 5.13. The van der Waals surface area contributed by atoms with E-state index in [2.05, 4.69) is 10.6 Å². The van der Waals surface area contributed by atoms with Gasteiger partial charge in [-0.2, -0.15) is 0 Å². The summed E-state index contributed by atoms with van der Waals surface area (Å²) in [5, 5.41) is 6.52. The zero-order valence-corrected chi connectivity index (χ0v) is 21.3. The maximum Gasteiger partial charge on any atom is 0.254 e. The average molecular weight is 539 g/mol. The van der Waals surface area contributed by atoms with Crippen LogP contribution in [0.4, 0.5) is 14.5 Å². The number of hydrogen-bond acceptors (Lipinski definition) is 3. The lowest BCUT2D eigenvalue weighted by Crippen LogP contribution is -2.37. The van der Waals surface area contributed by atoms with Crippen molar-refractivity contribution in [2.24, 2.45) is 0 Å². The van der Waals surface area contributed by atoms with E-state index in [1.54, 1.807) is 25.1 Å². The Hall–Kier alpha value is -3.48. The molecule has 5 rings (SSSR count). The van der Waals surface area contributed by atoms with Gasteiger partial charge in [-0.1, -0.05) is 59.6 Å². The van der Waals surface area contributed by atoms with Crippen molar-refractivity contribution in [1.82, 2.24) is 5.32 Å². The number of halogens is 4. The van der Waals surface area contributed by atoms with E-state index in [0.29, 0.717) is 39.4 Å². The maximum atomic E-state index is 14.4. The standard InChI is InChI=1S/C29H22Cl2F2N2O2/c1-15-26(29(37)35-23-10-8-19(32)14-22(23)33)27(20-9-7-18(30)13-21(20)31)28-24(34-15)11-17(12-25(28)36)16-5-3-2-4-6-16/h2-10,13-14,17,27,34H,11-12H2,1H3,(H,35,37)/t17-,27+/m0/s1. The van der Waals surface area contributed by atoms with Crippen molar-refractivity contribution in [2.75, 3.05) is 5.32 Å². The lowest BCUT2D eigenvalue weighted by molar-refractivity contribution is -0.116. The third-order valence-corrected chi connectivity index (χ3v) is 7.36. The molecule has 2 aliphatic rings. The van der Waals surface area contributed by atoms with E-state index < -0.39 is 23.5 Å². The van der Waals surface area contributed by atoms with Crippen molar-refractivity contribution in [3.05, 3.63) is 122 Å². The molecule has 0 saturated carbocycles. The average Bonchev–Trinajstić information content (AvgIpc) is 2.85. The summed E-state index contributed by atoms with van der Waals surface area (Å²) in [6.45, 7) is 1.73. The SMILES string of the molecule is CC1=C(C(=O)Nc2ccc(F)cc2F)[C@@H](c2ccc(Cl)cc2Cl)C2=C(C[C@H](c3ccccc3)CC2=O)N1. The molecule has 3 aromatic carbocycles. The molecule has 2 atom stereocenters. The predicted octanol–water partition coefficient (Wildman–Crippen LogP) is 7.27. The Balaban J connectivity index is 1.59. The number of amides is 1. The highest BCUT2D eigenvalue weighted by Gasteiger charge is 2.41. The van der Waals surface area contributed by atoms with Gasteiger partial charge in [-0.3, -0.25) is 9.59 Å².